The van der Waals surface area contributed by atoms with Crippen LogP contribution in [0.5, 0.6) is 46.0 Å². The van der Waals surface area contributed by atoms with Gasteiger partial charge in [0.25, 0.3) is 0 Å². The Morgan fingerprint density at radius 2 is 0.875 bits per heavy atom. The zero-order chi connectivity index (χ0) is 40.5. The second-order valence-corrected chi connectivity index (χ2v) is 11.5. The van der Waals surface area contributed by atoms with E-state index in [2.05, 4.69) is 21.1 Å². The smallest absolute Gasteiger partial charge is 0.343 e. The minimum atomic E-state index is -0.646. The molecule has 0 unspecified atom stereocenters. The van der Waals surface area contributed by atoms with E-state index in [4.69, 9.17) is 37.9 Å². The third-order valence-corrected chi connectivity index (χ3v) is 7.80. The molecule has 0 fully saturated rings. The first kappa shape index (κ1) is 41.7. The average Bonchev–Trinajstić information content (AvgIpc) is 3.21. The molecule has 0 heterocycles. The number of ether oxygens (including phenoxy) is 8. The maximum absolute atomic E-state index is 12.8. The maximum Gasteiger partial charge on any atom is 0.343 e. The van der Waals surface area contributed by atoms with Gasteiger partial charge in [0.2, 0.25) is 23.3 Å². The number of benzene rings is 4. The van der Waals surface area contributed by atoms with E-state index in [1.807, 2.05) is 0 Å². The quantitative estimate of drug-likeness (QED) is 0.0410. The van der Waals surface area contributed by atoms with Gasteiger partial charge in [0.1, 0.15) is 11.5 Å². The minimum absolute atomic E-state index is 0.141. The highest BCUT2D eigenvalue weighted by Crippen LogP contribution is 2.39. The van der Waals surface area contributed by atoms with Crippen molar-refractivity contribution in [1.29, 1.82) is 0 Å². The number of hydrogen-bond donors (Lipinski definition) is 2. The lowest BCUT2D eigenvalue weighted by Crippen LogP contribution is -2.19. The van der Waals surface area contributed by atoms with Crippen LogP contribution in [-0.4, -0.2) is 78.8 Å². The summed E-state index contributed by atoms with van der Waals surface area (Å²) < 4.78 is 42.8. The topological polar surface area (TPSA) is 191 Å². The van der Waals surface area contributed by atoms with Gasteiger partial charge in [-0.1, -0.05) is 24.3 Å². The Balaban J connectivity index is 1.18. The van der Waals surface area contributed by atoms with Crippen molar-refractivity contribution in [3.63, 3.8) is 0 Å². The molecule has 0 saturated carbocycles. The monoisotopic (exact) mass is 770 g/mol. The molecule has 0 spiro atoms. The van der Waals surface area contributed by atoms with Crippen LogP contribution in [0, 0.1) is 0 Å². The van der Waals surface area contributed by atoms with Crippen LogP contribution in [0.1, 0.15) is 57.5 Å². The SMILES string of the molecule is COc1cc(C(=O)Oc2cccc(C=NNC(=O)CCCCC(=O)NN=Cc3cccc(OC(=O)c4cc(OC)c(OC)c(OC)c4)c3)c2)cc(OC)c1OC. The number of carbonyl (C=O) groups is 4. The first-order valence-corrected chi connectivity index (χ1v) is 17.0. The van der Waals surface area contributed by atoms with Gasteiger partial charge < -0.3 is 37.9 Å². The predicted octanol–water partition coefficient (Wildman–Crippen LogP) is 5.34. The Hall–Kier alpha value is -7.10. The Morgan fingerprint density at radius 3 is 1.20 bits per heavy atom. The van der Waals surface area contributed by atoms with Crippen molar-refractivity contribution >= 4 is 36.2 Å². The molecular weight excluding hydrogens is 728 g/mol. The highest BCUT2D eigenvalue weighted by atomic mass is 16.6. The van der Waals surface area contributed by atoms with E-state index < -0.39 is 11.9 Å². The van der Waals surface area contributed by atoms with Crippen LogP contribution in [0.3, 0.4) is 0 Å². The van der Waals surface area contributed by atoms with E-state index in [-0.39, 0.29) is 47.3 Å². The molecular formula is C40H42N4O12. The first-order valence-electron chi connectivity index (χ1n) is 17.0. The summed E-state index contributed by atoms with van der Waals surface area (Å²) in [6.07, 6.45) is 3.98. The molecule has 0 saturated heterocycles. The van der Waals surface area contributed by atoms with Gasteiger partial charge >= 0.3 is 11.9 Å². The molecule has 2 amide bonds. The van der Waals surface area contributed by atoms with Crippen molar-refractivity contribution in [3.8, 4) is 46.0 Å². The number of unbranched alkanes of at least 4 members (excludes halogenated alkanes) is 1. The Morgan fingerprint density at radius 1 is 0.518 bits per heavy atom. The van der Waals surface area contributed by atoms with Gasteiger partial charge in [-0.2, -0.15) is 10.2 Å². The molecule has 0 bridgehead atoms. The van der Waals surface area contributed by atoms with Crippen LogP contribution in [0.25, 0.3) is 0 Å². The van der Waals surface area contributed by atoms with Crippen LogP contribution >= 0.6 is 0 Å². The van der Waals surface area contributed by atoms with Gasteiger partial charge in [-0.15, -0.1) is 0 Å². The number of amides is 2. The van der Waals surface area contributed by atoms with E-state index in [9.17, 15) is 19.2 Å². The standard InChI is InChI=1S/C40H42N4O12/c1-49-31-19-27(20-32(50-2)37(31)53-5)39(47)55-29-13-9-11-25(17-29)23-41-43-35(45)15-7-8-16-36(46)44-42-24-26-12-10-14-30(18-26)56-40(48)28-21-33(51-3)38(54-6)34(22-28)52-4/h9-14,17-24H,7-8,15-16H2,1-6H3,(H,43,45)(H,44,46). The van der Waals surface area contributed by atoms with Crippen molar-refractivity contribution in [2.24, 2.45) is 10.2 Å². The summed E-state index contributed by atoms with van der Waals surface area (Å²) >= 11 is 0. The summed E-state index contributed by atoms with van der Waals surface area (Å²) in [5.41, 5.74) is 6.41. The summed E-state index contributed by atoms with van der Waals surface area (Å²) in [7, 11) is 8.70. The minimum Gasteiger partial charge on any atom is -0.493 e. The summed E-state index contributed by atoms with van der Waals surface area (Å²) in [4.78, 5) is 50.3. The van der Waals surface area contributed by atoms with Gasteiger partial charge in [-0.3, -0.25) is 9.59 Å². The van der Waals surface area contributed by atoms with Crippen molar-refractivity contribution < 1.29 is 57.1 Å². The second-order valence-electron chi connectivity index (χ2n) is 11.5. The number of nitrogens with zero attached hydrogens (tertiary/aromatic N) is 2. The lowest BCUT2D eigenvalue weighted by molar-refractivity contribution is -0.123. The fraction of sp³-hybridized carbons (Fsp3) is 0.250. The average molecular weight is 771 g/mol. The Labute approximate surface area is 323 Å². The van der Waals surface area contributed by atoms with Gasteiger partial charge in [-0.25, -0.2) is 20.4 Å². The number of hydrazone groups is 2. The molecule has 4 aromatic carbocycles. The van der Waals surface area contributed by atoms with Gasteiger partial charge in [0.05, 0.1) is 66.2 Å². The summed E-state index contributed by atoms with van der Waals surface area (Å²) in [5, 5.41) is 7.94. The fourth-order valence-corrected chi connectivity index (χ4v) is 5.09. The molecule has 0 aliphatic heterocycles. The van der Waals surface area contributed by atoms with Crippen LogP contribution in [0.2, 0.25) is 0 Å². The normalized spacial score (nSPS) is 10.8. The van der Waals surface area contributed by atoms with E-state index in [1.165, 1.54) is 79.4 Å². The molecule has 4 rings (SSSR count). The number of rotatable bonds is 19. The molecule has 0 aromatic heterocycles. The molecule has 0 radical (unpaired) electrons. The van der Waals surface area contributed by atoms with Crippen LogP contribution in [0.15, 0.2) is 83.0 Å². The van der Waals surface area contributed by atoms with Gasteiger partial charge in [-0.05, 0) is 72.5 Å². The number of methoxy groups -OCH3 is 6. The number of esters is 2. The van der Waals surface area contributed by atoms with Crippen LogP contribution < -0.4 is 48.7 Å². The third-order valence-electron chi connectivity index (χ3n) is 7.80. The van der Waals surface area contributed by atoms with E-state index in [0.29, 0.717) is 58.5 Å². The Kier molecular flexibility index (Phi) is 15.6. The molecule has 0 aliphatic rings. The van der Waals surface area contributed by atoms with E-state index >= 15 is 0 Å². The number of carbonyl (C=O) groups excluding carboxylic acids is 4. The fourth-order valence-electron chi connectivity index (χ4n) is 5.09. The van der Waals surface area contributed by atoms with Crippen molar-refractivity contribution in [2.75, 3.05) is 42.7 Å². The molecule has 294 valence electrons. The molecule has 16 heteroatoms. The highest BCUT2D eigenvalue weighted by Gasteiger charge is 2.20. The molecule has 0 atom stereocenters. The number of hydrogen-bond acceptors (Lipinski definition) is 14. The van der Waals surface area contributed by atoms with Crippen molar-refractivity contribution in [1.82, 2.24) is 10.9 Å². The lowest BCUT2D eigenvalue weighted by Gasteiger charge is -2.13. The zero-order valence-corrected chi connectivity index (χ0v) is 31.7. The highest BCUT2D eigenvalue weighted by molar-refractivity contribution is 5.94. The van der Waals surface area contributed by atoms with E-state index in [0.717, 1.165) is 0 Å². The van der Waals surface area contributed by atoms with Crippen LogP contribution in [-0.2, 0) is 9.59 Å². The molecule has 56 heavy (non-hydrogen) atoms. The van der Waals surface area contributed by atoms with Crippen molar-refractivity contribution in [3.05, 3.63) is 95.1 Å². The summed E-state index contributed by atoms with van der Waals surface area (Å²) in [6.45, 7) is 0. The number of nitrogens with one attached hydrogen (secondary N) is 2. The molecule has 0 aliphatic carbocycles. The van der Waals surface area contributed by atoms with Crippen molar-refractivity contribution in [2.45, 2.75) is 25.7 Å². The summed E-state index contributed by atoms with van der Waals surface area (Å²) in [5.74, 6) is 0.460. The predicted molar refractivity (Wildman–Crippen MR) is 205 cm³/mol. The van der Waals surface area contributed by atoms with Gasteiger partial charge in [0.15, 0.2) is 23.0 Å². The maximum atomic E-state index is 12.8. The molecule has 16 nitrogen and oxygen atoms in total. The first-order chi connectivity index (χ1) is 27.1. The molecule has 4 aromatic rings. The van der Waals surface area contributed by atoms with E-state index in [1.54, 1.807) is 48.5 Å². The largest absolute Gasteiger partial charge is 0.493 e. The summed E-state index contributed by atoms with van der Waals surface area (Å²) in [6, 6.07) is 19.1. The zero-order valence-electron chi connectivity index (χ0n) is 31.7. The second kappa shape index (κ2) is 21.0. The van der Waals surface area contributed by atoms with Gasteiger partial charge in [0, 0.05) is 12.8 Å². The van der Waals surface area contributed by atoms with Crippen LogP contribution in [0.4, 0.5) is 0 Å². The molecule has 2 N–H and O–H groups in total. The third kappa shape index (κ3) is 11.7. The Bertz CT molecular complexity index is 1890. The lowest BCUT2D eigenvalue weighted by atomic mass is 10.1.